The van der Waals surface area contributed by atoms with Gasteiger partial charge >= 0.3 is 5.97 Å². The number of imidazole rings is 1. The lowest BCUT2D eigenvalue weighted by Gasteiger charge is -2.17. The third-order valence-electron chi connectivity index (χ3n) is 4.60. The zero-order valence-electron chi connectivity index (χ0n) is 18.6. The van der Waals surface area contributed by atoms with E-state index in [4.69, 9.17) is 9.47 Å². The van der Waals surface area contributed by atoms with Crippen LogP contribution in [0.2, 0.25) is 25.7 Å². The van der Waals surface area contributed by atoms with Gasteiger partial charge in [-0.05, 0) is 39.2 Å². The Kier molecular flexibility index (Phi) is 8.33. The highest BCUT2D eigenvalue weighted by molar-refractivity contribution is 6.76. The van der Waals surface area contributed by atoms with Crippen LogP contribution in [0.25, 0.3) is 11.0 Å². The first-order chi connectivity index (χ1) is 14.0. The van der Waals surface area contributed by atoms with E-state index >= 15 is 0 Å². The number of aromatic nitrogens is 2. The molecule has 0 unspecified atom stereocenters. The number of hydrogen-bond acceptors (Lipinski definition) is 6. The summed E-state index contributed by atoms with van der Waals surface area (Å²) in [4.78, 5) is 18.5. The third-order valence-corrected chi connectivity index (χ3v) is 6.30. The second-order valence-corrected chi connectivity index (χ2v) is 14.3. The predicted molar refractivity (Wildman–Crippen MR) is 117 cm³/mol. The van der Waals surface area contributed by atoms with Crippen LogP contribution in [-0.4, -0.2) is 69.4 Å². The Labute approximate surface area is 177 Å². The second kappa shape index (κ2) is 10.3. The number of hydrogen-bond donors (Lipinski definition) is 1. The molecule has 2 rings (SSSR count). The van der Waals surface area contributed by atoms with E-state index in [9.17, 15) is 13.6 Å². The number of carbonyl (C=O) groups excluding carboxylic acids is 1. The zero-order chi connectivity index (χ0) is 22.5. The third kappa shape index (κ3) is 6.23. The van der Waals surface area contributed by atoms with Crippen molar-refractivity contribution >= 4 is 31.0 Å². The Morgan fingerprint density at radius 3 is 2.60 bits per heavy atom. The highest BCUT2D eigenvalue weighted by atomic mass is 28.3. The van der Waals surface area contributed by atoms with Gasteiger partial charge in [-0.2, -0.15) is 0 Å². The van der Waals surface area contributed by atoms with Crippen LogP contribution < -0.4 is 5.32 Å². The molecule has 0 saturated heterocycles. The van der Waals surface area contributed by atoms with Crippen molar-refractivity contribution in [3.05, 3.63) is 23.3 Å². The first kappa shape index (κ1) is 24.2. The minimum Gasteiger partial charge on any atom is -0.465 e. The number of methoxy groups -OCH3 is 1. The number of esters is 1. The SMILES string of the molecule is COC(=O)c1cc(F)c(F)c2nc(NCCCN(C)C)n(COCC[Si](C)(C)C)c12. The van der Waals surface area contributed by atoms with Gasteiger partial charge in [0.25, 0.3) is 0 Å². The highest BCUT2D eigenvalue weighted by Gasteiger charge is 2.25. The number of anilines is 1. The summed E-state index contributed by atoms with van der Waals surface area (Å²) in [6.45, 7) is 8.76. The summed E-state index contributed by atoms with van der Waals surface area (Å²) in [6.07, 6.45) is 0.827. The fraction of sp³-hybridized carbons (Fsp3) is 0.600. The molecule has 0 saturated carbocycles. The Morgan fingerprint density at radius 2 is 2.00 bits per heavy atom. The smallest absolute Gasteiger partial charge is 0.340 e. The van der Waals surface area contributed by atoms with Crippen molar-refractivity contribution in [1.82, 2.24) is 14.5 Å². The average molecular weight is 443 g/mol. The Balaban J connectivity index is 2.41. The Bertz CT molecular complexity index is 881. The van der Waals surface area contributed by atoms with Crippen LogP contribution in [0, 0.1) is 11.6 Å². The summed E-state index contributed by atoms with van der Waals surface area (Å²) < 4.78 is 40.8. The molecule has 0 spiro atoms. The van der Waals surface area contributed by atoms with E-state index < -0.39 is 25.7 Å². The van der Waals surface area contributed by atoms with Gasteiger partial charge in [-0.1, -0.05) is 19.6 Å². The molecule has 0 aliphatic rings. The summed E-state index contributed by atoms with van der Waals surface area (Å²) in [7, 11) is 3.86. The minimum absolute atomic E-state index is 0.0616. The lowest BCUT2D eigenvalue weighted by molar-refractivity contribution is 0.0600. The maximum Gasteiger partial charge on any atom is 0.340 e. The molecule has 10 heteroatoms. The number of nitrogens with one attached hydrogen (secondary N) is 1. The number of ether oxygens (including phenoxy) is 2. The van der Waals surface area contributed by atoms with Gasteiger partial charge in [-0.25, -0.2) is 18.6 Å². The molecule has 0 fully saturated rings. The van der Waals surface area contributed by atoms with Crippen molar-refractivity contribution in [3.8, 4) is 0 Å². The maximum absolute atomic E-state index is 14.5. The van der Waals surface area contributed by atoms with Crippen LogP contribution in [0.15, 0.2) is 6.07 Å². The molecule has 0 atom stereocenters. The molecule has 168 valence electrons. The molecule has 1 N–H and O–H groups in total. The quantitative estimate of drug-likeness (QED) is 0.325. The molecular formula is C20H32F2N4O3Si. The summed E-state index contributed by atoms with van der Waals surface area (Å²) in [5, 5.41) is 3.16. The van der Waals surface area contributed by atoms with Crippen LogP contribution in [0.5, 0.6) is 0 Å². The number of halogens is 2. The van der Waals surface area contributed by atoms with Gasteiger partial charge < -0.3 is 19.7 Å². The lowest BCUT2D eigenvalue weighted by Crippen LogP contribution is -2.22. The molecule has 2 aromatic rings. The molecule has 0 radical (unpaired) electrons. The van der Waals surface area contributed by atoms with Gasteiger partial charge in [0.15, 0.2) is 11.6 Å². The number of nitrogens with zero attached hydrogens (tertiary/aromatic N) is 3. The Morgan fingerprint density at radius 1 is 1.30 bits per heavy atom. The van der Waals surface area contributed by atoms with Gasteiger partial charge in [0.1, 0.15) is 12.2 Å². The first-order valence-electron chi connectivity index (χ1n) is 9.98. The van der Waals surface area contributed by atoms with Crippen molar-refractivity contribution < 1.29 is 23.0 Å². The number of rotatable bonds is 11. The van der Waals surface area contributed by atoms with Crippen LogP contribution in [0.4, 0.5) is 14.7 Å². The van der Waals surface area contributed by atoms with Gasteiger partial charge in [-0.15, -0.1) is 0 Å². The van der Waals surface area contributed by atoms with E-state index in [2.05, 4.69) is 34.8 Å². The topological polar surface area (TPSA) is 68.6 Å². The van der Waals surface area contributed by atoms with Crippen LogP contribution in [0.3, 0.4) is 0 Å². The molecule has 7 nitrogen and oxygen atoms in total. The molecule has 1 aromatic heterocycles. The molecule has 0 bridgehead atoms. The Hall–Kier alpha value is -2.04. The van der Waals surface area contributed by atoms with Gasteiger partial charge in [0, 0.05) is 21.2 Å². The van der Waals surface area contributed by atoms with Crippen molar-refractivity contribution in [3.63, 3.8) is 0 Å². The van der Waals surface area contributed by atoms with E-state index in [1.807, 2.05) is 14.1 Å². The first-order valence-corrected chi connectivity index (χ1v) is 13.7. The van der Waals surface area contributed by atoms with E-state index in [0.717, 1.165) is 25.1 Å². The molecule has 1 aromatic carbocycles. The lowest BCUT2D eigenvalue weighted by atomic mass is 10.1. The fourth-order valence-electron chi connectivity index (χ4n) is 2.91. The summed E-state index contributed by atoms with van der Waals surface area (Å²) >= 11 is 0. The normalized spacial score (nSPS) is 12.0. The van der Waals surface area contributed by atoms with Crippen molar-refractivity contribution in [2.24, 2.45) is 0 Å². The number of carbonyl (C=O) groups is 1. The maximum atomic E-state index is 14.5. The fourth-order valence-corrected chi connectivity index (χ4v) is 3.66. The van der Waals surface area contributed by atoms with Crippen LogP contribution in [-0.2, 0) is 16.2 Å². The van der Waals surface area contributed by atoms with Crippen LogP contribution >= 0.6 is 0 Å². The summed E-state index contributed by atoms with van der Waals surface area (Å²) in [5.41, 5.74) is -0.155. The molecular weight excluding hydrogens is 410 g/mol. The monoisotopic (exact) mass is 442 g/mol. The predicted octanol–water partition coefficient (Wildman–Crippen LogP) is 3.78. The van der Waals surface area contributed by atoms with Crippen LogP contribution in [0.1, 0.15) is 16.8 Å². The van der Waals surface area contributed by atoms with E-state index in [1.165, 1.54) is 7.11 Å². The largest absolute Gasteiger partial charge is 0.465 e. The summed E-state index contributed by atoms with van der Waals surface area (Å²) in [6, 6.07) is 1.80. The molecule has 1 heterocycles. The second-order valence-electron chi connectivity index (χ2n) is 8.70. The average Bonchev–Trinajstić information content (AvgIpc) is 3.02. The van der Waals surface area contributed by atoms with E-state index in [-0.39, 0.29) is 23.3 Å². The zero-order valence-corrected chi connectivity index (χ0v) is 19.6. The van der Waals surface area contributed by atoms with Gasteiger partial charge in [0.2, 0.25) is 5.95 Å². The highest BCUT2D eigenvalue weighted by Crippen LogP contribution is 2.28. The van der Waals surface area contributed by atoms with Gasteiger partial charge in [-0.3, -0.25) is 4.57 Å². The molecule has 0 aliphatic heterocycles. The molecule has 0 amide bonds. The minimum atomic E-state index is -1.29. The van der Waals surface area contributed by atoms with E-state index in [0.29, 0.717) is 19.1 Å². The standard InChI is InChI=1S/C20H32F2N4O3Si/c1-25(2)9-7-8-23-20-24-17-16(22)15(21)12-14(19(27)28-3)18(17)26(20)13-29-10-11-30(4,5)6/h12H,7-11,13H2,1-6H3,(H,23,24). The van der Waals surface area contributed by atoms with Crippen molar-refractivity contribution in [2.75, 3.05) is 46.2 Å². The summed E-state index contributed by atoms with van der Waals surface area (Å²) in [5.74, 6) is -2.69. The molecule has 0 aliphatic carbocycles. The van der Waals surface area contributed by atoms with E-state index in [1.54, 1.807) is 4.57 Å². The van der Waals surface area contributed by atoms with Crippen molar-refractivity contribution in [1.29, 1.82) is 0 Å². The number of benzene rings is 1. The molecule has 30 heavy (non-hydrogen) atoms. The van der Waals surface area contributed by atoms with Gasteiger partial charge in [0.05, 0.1) is 18.2 Å². The van der Waals surface area contributed by atoms with Crippen molar-refractivity contribution in [2.45, 2.75) is 38.8 Å². The number of fused-ring (bicyclic) bond motifs is 1.